The second-order valence-electron chi connectivity index (χ2n) is 12.9. The van der Waals surface area contributed by atoms with Gasteiger partial charge in [-0.15, -0.1) is 0 Å². The normalized spacial score (nSPS) is 17.8. The number of halogens is 1. The predicted molar refractivity (Wildman–Crippen MR) is 226 cm³/mol. The molecule has 2 amide bonds. The van der Waals surface area contributed by atoms with Crippen LogP contribution in [-0.4, -0.2) is 87.2 Å². The van der Waals surface area contributed by atoms with Crippen LogP contribution in [0.5, 0.6) is 11.5 Å². The molecular formula is C44H59FN4O5S. The number of allylic oxidation sites excluding steroid dienone is 5. The van der Waals surface area contributed by atoms with Crippen LogP contribution >= 0.6 is 11.8 Å². The molecule has 3 aromatic carbocycles. The van der Waals surface area contributed by atoms with Crippen molar-refractivity contribution in [2.24, 2.45) is 4.99 Å². The summed E-state index contributed by atoms with van der Waals surface area (Å²) in [5.74, 6) is 0.721. The summed E-state index contributed by atoms with van der Waals surface area (Å²) < 4.78 is 28.9. The van der Waals surface area contributed by atoms with E-state index in [-0.39, 0.29) is 5.91 Å². The first-order chi connectivity index (χ1) is 26.5. The highest BCUT2D eigenvalue weighted by Gasteiger charge is 2.39. The van der Waals surface area contributed by atoms with Gasteiger partial charge in [0.25, 0.3) is 0 Å². The number of hydrogen-bond acceptors (Lipinski definition) is 8. The fourth-order valence-electron chi connectivity index (χ4n) is 5.35. The lowest BCUT2D eigenvalue weighted by Crippen LogP contribution is -2.34. The molecule has 298 valence electrons. The highest BCUT2D eigenvalue weighted by atomic mass is 32.2. The number of hydrogen-bond donors (Lipinski definition) is 1. The first-order valence-electron chi connectivity index (χ1n) is 18.4. The van der Waals surface area contributed by atoms with E-state index in [1.165, 1.54) is 48.8 Å². The van der Waals surface area contributed by atoms with Crippen molar-refractivity contribution in [2.45, 2.75) is 64.7 Å². The Balaban J connectivity index is 0.000000501. The minimum absolute atomic E-state index is 0.118. The van der Waals surface area contributed by atoms with Gasteiger partial charge in [-0.05, 0) is 108 Å². The number of benzene rings is 3. The zero-order valence-electron chi connectivity index (χ0n) is 33.9. The van der Waals surface area contributed by atoms with Crippen LogP contribution in [0.15, 0.2) is 113 Å². The number of nitrogens with zero attached hydrogens (tertiary/aromatic N) is 3. The largest absolute Gasteiger partial charge is 0.493 e. The van der Waals surface area contributed by atoms with Gasteiger partial charge < -0.3 is 24.4 Å². The van der Waals surface area contributed by atoms with Crippen molar-refractivity contribution in [1.29, 1.82) is 0 Å². The molecule has 2 saturated heterocycles. The highest BCUT2D eigenvalue weighted by Crippen LogP contribution is 2.35. The molecule has 9 nitrogen and oxygen atoms in total. The van der Waals surface area contributed by atoms with Crippen LogP contribution in [0.1, 0.15) is 51.2 Å². The zero-order valence-corrected chi connectivity index (χ0v) is 34.7. The minimum Gasteiger partial charge on any atom is -0.493 e. The van der Waals surface area contributed by atoms with Crippen molar-refractivity contribution in [3.05, 3.63) is 125 Å². The van der Waals surface area contributed by atoms with E-state index >= 15 is 0 Å². The van der Waals surface area contributed by atoms with Gasteiger partial charge in [0, 0.05) is 32.5 Å². The molecule has 55 heavy (non-hydrogen) atoms. The SMILES string of the molecule is CC\C=C/C(=C\C=C(/C)NC=O)C1SC(=Nc2cccc(F)c2)N(CCc2ccc(OC)c(OC)c2)C1=O.COC.C[C@@H]1CCCN1C.Cc1ccccc1. The highest BCUT2D eigenvalue weighted by molar-refractivity contribution is 8.15. The van der Waals surface area contributed by atoms with E-state index in [9.17, 15) is 14.0 Å². The number of aryl methyl sites for hydroxylation is 1. The second-order valence-corrected chi connectivity index (χ2v) is 14.0. The number of carbonyl (C=O) groups is 2. The number of methoxy groups -OCH3 is 3. The van der Waals surface area contributed by atoms with Gasteiger partial charge in [0.15, 0.2) is 16.7 Å². The summed E-state index contributed by atoms with van der Waals surface area (Å²) in [5, 5.41) is 2.55. The molecule has 11 heteroatoms. The van der Waals surface area contributed by atoms with E-state index in [1.54, 1.807) is 58.5 Å². The monoisotopic (exact) mass is 774 g/mol. The van der Waals surface area contributed by atoms with Crippen molar-refractivity contribution in [3.8, 4) is 11.5 Å². The maximum Gasteiger partial charge on any atom is 0.246 e. The van der Waals surface area contributed by atoms with Crippen LogP contribution in [0.4, 0.5) is 10.1 Å². The third kappa shape index (κ3) is 16.7. The van der Waals surface area contributed by atoms with Gasteiger partial charge in [-0.3, -0.25) is 14.5 Å². The smallest absolute Gasteiger partial charge is 0.246 e. The molecule has 2 atom stereocenters. The number of aliphatic imine (C=N–C) groups is 1. The number of carbonyl (C=O) groups excluding carboxylic acids is 2. The number of ether oxygens (including phenoxy) is 3. The topological polar surface area (TPSA) is 92.7 Å². The molecule has 0 saturated carbocycles. The Morgan fingerprint density at radius 3 is 2.24 bits per heavy atom. The quantitative estimate of drug-likeness (QED) is 0.145. The molecule has 1 unspecified atom stereocenters. The Hall–Kier alpha value is -4.71. The van der Waals surface area contributed by atoms with E-state index in [4.69, 9.17) is 9.47 Å². The van der Waals surface area contributed by atoms with E-state index in [0.717, 1.165) is 23.6 Å². The Morgan fingerprint density at radius 1 is 1.00 bits per heavy atom. The van der Waals surface area contributed by atoms with Gasteiger partial charge in [-0.1, -0.05) is 84.9 Å². The molecule has 0 aromatic heterocycles. The summed E-state index contributed by atoms with van der Waals surface area (Å²) in [6.07, 6.45) is 12.2. The number of nitrogens with one attached hydrogen (secondary N) is 1. The number of amidine groups is 1. The van der Waals surface area contributed by atoms with Crippen LogP contribution in [-0.2, 0) is 20.7 Å². The lowest BCUT2D eigenvalue weighted by atomic mass is 10.1. The van der Waals surface area contributed by atoms with Crippen molar-refractivity contribution < 1.29 is 28.2 Å². The van der Waals surface area contributed by atoms with Crippen LogP contribution in [0.2, 0.25) is 0 Å². The van der Waals surface area contributed by atoms with Crippen molar-refractivity contribution in [3.63, 3.8) is 0 Å². The fourth-order valence-corrected chi connectivity index (χ4v) is 6.55. The van der Waals surface area contributed by atoms with Crippen molar-refractivity contribution >= 4 is 34.9 Å². The van der Waals surface area contributed by atoms with Gasteiger partial charge in [0.05, 0.1) is 19.9 Å². The lowest BCUT2D eigenvalue weighted by molar-refractivity contribution is -0.125. The number of thioether (sulfide) groups is 1. The maximum absolute atomic E-state index is 13.9. The van der Waals surface area contributed by atoms with E-state index in [1.807, 2.05) is 61.5 Å². The first kappa shape index (κ1) is 46.4. The summed E-state index contributed by atoms with van der Waals surface area (Å²) in [4.78, 5) is 33.2. The van der Waals surface area contributed by atoms with Crippen LogP contribution < -0.4 is 14.8 Å². The van der Waals surface area contributed by atoms with Gasteiger partial charge in [0.1, 0.15) is 11.1 Å². The Morgan fingerprint density at radius 2 is 1.71 bits per heavy atom. The van der Waals surface area contributed by atoms with E-state index in [0.29, 0.717) is 47.4 Å². The van der Waals surface area contributed by atoms with Gasteiger partial charge >= 0.3 is 0 Å². The van der Waals surface area contributed by atoms with Crippen molar-refractivity contribution in [2.75, 3.05) is 48.6 Å². The molecule has 0 aliphatic carbocycles. The van der Waals surface area contributed by atoms with Gasteiger partial charge in [-0.2, -0.15) is 0 Å². The first-order valence-corrected chi connectivity index (χ1v) is 19.3. The second kappa shape index (κ2) is 26.2. The Labute approximate surface area is 332 Å². The number of amides is 2. The standard InChI is InChI=1S/C29H32FN3O4S.C7H8.C6H13N.C2H6O/c1-5-6-8-22(13-11-20(2)31-19-34)27-28(35)33(29(38-27)32-24-10-7-9-23(30)18-24)16-15-21-12-14-25(36-3)26(17-21)37-4;1-7-5-3-2-4-6-7;1-6-4-3-5-7(6)2;1-3-2/h6-14,17-19,27H,5,15-16H2,1-4H3,(H,31,34);2-6H,1H3;6H,3-5H2,1-2H3;1-2H3/b8-6-,20-11+,22-13+,32-29?;;;/t;;6-;/m..1./s1. The molecular weight excluding hydrogens is 716 g/mol. The summed E-state index contributed by atoms with van der Waals surface area (Å²) in [6.45, 7) is 9.83. The zero-order chi connectivity index (χ0) is 40.6. The molecule has 2 aliphatic rings. The molecule has 2 heterocycles. The average molecular weight is 775 g/mol. The molecule has 0 spiro atoms. The summed E-state index contributed by atoms with van der Waals surface area (Å²) >= 11 is 1.32. The molecule has 2 fully saturated rings. The average Bonchev–Trinajstić information content (AvgIpc) is 3.70. The molecule has 0 radical (unpaired) electrons. The molecule has 1 N–H and O–H groups in total. The van der Waals surface area contributed by atoms with Gasteiger partial charge in [0.2, 0.25) is 12.3 Å². The number of rotatable bonds is 12. The Kier molecular flexibility index (Phi) is 22.1. The number of likely N-dealkylation sites (tertiary alicyclic amines) is 1. The minimum atomic E-state index is -0.546. The van der Waals surface area contributed by atoms with Crippen LogP contribution in [0.25, 0.3) is 0 Å². The van der Waals surface area contributed by atoms with Crippen molar-refractivity contribution in [1.82, 2.24) is 15.1 Å². The summed E-state index contributed by atoms with van der Waals surface area (Å²) in [5.41, 5.74) is 4.14. The van der Waals surface area contributed by atoms with Crippen LogP contribution in [0, 0.1) is 12.7 Å². The lowest BCUT2D eigenvalue weighted by Gasteiger charge is -2.17. The van der Waals surface area contributed by atoms with Gasteiger partial charge in [-0.25, -0.2) is 9.38 Å². The molecule has 5 rings (SSSR count). The predicted octanol–water partition coefficient (Wildman–Crippen LogP) is 8.92. The summed E-state index contributed by atoms with van der Waals surface area (Å²) in [6, 6.07) is 22.7. The summed E-state index contributed by atoms with van der Waals surface area (Å²) in [7, 11) is 8.60. The Bertz CT molecular complexity index is 1720. The van der Waals surface area contributed by atoms with Crippen LogP contribution in [0.3, 0.4) is 0 Å². The third-order valence-corrected chi connectivity index (χ3v) is 9.77. The molecule has 2 aliphatic heterocycles. The molecule has 3 aromatic rings. The fraction of sp³-hybridized carbons (Fsp3) is 0.386. The third-order valence-electron chi connectivity index (χ3n) is 8.54. The molecule has 0 bridgehead atoms. The van der Waals surface area contributed by atoms with E-state index < -0.39 is 11.1 Å². The van der Waals surface area contributed by atoms with E-state index in [2.05, 4.69) is 53.0 Å². The maximum atomic E-state index is 13.9.